The summed E-state index contributed by atoms with van der Waals surface area (Å²) >= 11 is 0. The van der Waals surface area contributed by atoms with Gasteiger partial charge in [-0.3, -0.25) is 14.4 Å². The van der Waals surface area contributed by atoms with E-state index in [1.54, 1.807) is 0 Å². The molecule has 2 saturated heterocycles. The molecule has 0 aromatic rings. The number of carbonyl (C=O) groups excluding carboxylic acids is 2. The molecule has 0 aromatic carbocycles. The fraction of sp³-hybridized carbons (Fsp3) is 0.842. The molecule has 0 saturated carbocycles. The van der Waals surface area contributed by atoms with Crippen molar-refractivity contribution in [1.82, 2.24) is 10.6 Å². The minimum atomic E-state index is -2.06. The summed E-state index contributed by atoms with van der Waals surface area (Å²) in [7, 11) is 0. The smallest absolute Gasteiger partial charge is 0.320 e. The average Bonchev–Trinajstić information content (AvgIpc) is 2.80. The maximum absolute atomic E-state index is 12.5. The number of aliphatic carboxylic acids is 1. The monoisotopic (exact) mass is 511 g/mol. The minimum Gasteiger partial charge on any atom is -0.480 e. The summed E-state index contributed by atoms with van der Waals surface area (Å²) in [5.74, 6) is -2.68. The SMILES string of the molecule is CC(=O)NC[C@@]1(NC(=O)CC[C@H](N)C(=O)O)OC[C@@H](O)[C@@H](O[C@@H]2O[C@H](CO)[C@H](O)[C@H](O)[C@H]2O)[C@@H]1O. The number of ether oxygens (including phenoxy) is 3. The lowest BCUT2D eigenvalue weighted by molar-refractivity contribution is -0.344. The molecular formula is C19H33N3O13. The number of carboxylic acids is 1. The zero-order valence-corrected chi connectivity index (χ0v) is 18.9. The molecule has 2 aliphatic heterocycles. The number of amides is 2. The highest BCUT2D eigenvalue weighted by Crippen LogP contribution is 2.30. The number of hydrogen-bond acceptors (Lipinski definition) is 13. The number of nitrogens with one attached hydrogen (secondary N) is 2. The van der Waals surface area contributed by atoms with Crippen molar-refractivity contribution < 1.29 is 64.3 Å². The molecule has 202 valence electrons. The number of nitrogens with two attached hydrogens (primary N) is 1. The first-order chi connectivity index (χ1) is 16.3. The Morgan fingerprint density at radius 3 is 2.37 bits per heavy atom. The van der Waals surface area contributed by atoms with Crippen LogP contribution in [0.15, 0.2) is 0 Å². The second kappa shape index (κ2) is 12.3. The van der Waals surface area contributed by atoms with Gasteiger partial charge < -0.3 is 66.3 Å². The molecule has 0 radical (unpaired) electrons. The van der Waals surface area contributed by atoms with Crippen LogP contribution < -0.4 is 16.4 Å². The van der Waals surface area contributed by atoms with Crippen LogP contribution in [0.2, 0.25) is 0 Å². The minimum absolute atomic E-state index is 0.249. The van der Waals surface area contributed by atoms with Crippen molar-refractivity contribution in [2.45, 2.75) is 80.5 Å². The summed E-state index contributed by atoms with van der Waals surface area (Å²) in [6.45, 7) is -0.618. The molecular weight excluding hydrogens is 478 g/mol. The molecule has 0 unspecified atom stereocenters. The molecule has 2 heterocycles. The van der Waals surface area contributed by atoms with E-state index in [4.69, 9.17) is 25.1 Å². The Bertz CT molecular complexity index is 756. The third-order valence-corrected chi connectivity index (χ3v) is 5.77. The number of aliphatic hydroxyl groups is 6. The number of rotatable bonds is 10. The van der Waals surface area contributed by atoms with E-state index in [2.05, 4.69) is 10.6 Å². The molecule has 11 N–H and O–H groups in total. The van der Waals surface area contributed by atoms with Gasteiger partial charge in [0.1, 0.15) is 48.8 Å². The van der Waals surface area contributed by atoms with E-state index in [0.717, 1.165) is 6.92 Å². The Morgan fingerprint density at radius 1 is 1.14 bits per heavy atom. The molecule has 0 aliphatic carbocycles. The van der Waals surface area contributed by atoms with E-state index in [1.165, 1.54) is 0 Å². The quantitative estimate of drug-likeness (QED) is 0.131. The number of hydrogen-bond donors (Lipinski definition) is 10. The van der Waals surface area contributed by atoms with Crippen LogP contribution in [0.1, 0.15) is 19.8 Å². The van der Waals surface area contributed by atoms with Crippen molar-refractivity contribution in [3.05, 3.63) is 0 Å². The van der Waals surface area contributed by atoms with Gasteiger partial charge in [-0.25, -0.2) is 0 Å². The second-order valence-corrected chi connectivity index (χ2v) is 8.45. The first-order valence-electron chi connectivity index (χ1n) is 10.8. The molecule has 35 heavy (non-hydrogen) atoms. The van der Waals surface area contributed by atoms with Gasteiger partial charge in [-0.05, 0) is 6.42 Å². The highest BCUT2D eigenvalue weighted by molar-refractivity contribution is 5.79. The van der Waals surface area contributed by atoms with Crippen LogP contribution >= 0.6 is 0 Å². The molecule has 16 heteroatoms. The van der Waals surface area contributed by atoms with Crippen molar-refractivity contribution in [1.29, 1.82) is 0 Å². The van der Waals surface area contributed by atoms with Crippen molar-refractivity contribution in [2.75, 3.05) is 19.8 Å². The van der Waals surface area contributed by atoms with Crippen LogP contribution in [0, 0.1) is 0 Å². The van der Waals surface area contributed by atoms with E-state index < -0.39 is 98.3 Å². The van der Waals surface area contributed by atoms with Gasteiger partial charge >= 0.3 is 5.97 Å². The van der Waals surface area contributed by atoms with Crippen LogP contribution in [0.3, 0.4) is 0 Å². The molecule has 0 spiro atoms. The lowest BCUT2D eigenvalue weighted by Crippen LogP contribution is -2.73. The summed E-state index contributed by atoms with van der Waals surface area (Å²) < 4.78 is 16.2. The van der Waals surface area contributed by atoms with Crippen LogP contribution in [-0.2, 0) is 28.6 Å². The summed E-state index contributed by atoms with van der Waals surface area (Å²) in [6.07, 6.45) is -14.0. The summed E-state index contributed by atoms with van der Waals surface area (Å²) in [4.78, 5) is 34.9. The van der Waals surface area contributed by atoms with E-state index in [9.17, 15) is 45.0 Å². The molecule has 10 atom stereocenters. The van der Waals surface area contributed by atoms with Gasteiger partial charge in [-0.15, -0.1) is 0 Å². The van der Waals surface area contributed by atoms with Crippen LogP contribution in [0.5, 0.6) is 0 Å². The lowest BCUT2D eigenvalue weighted by atomic mass is 9.92. The van der Waals surface area contributed by atoms with Crippen molar-refractivity contribution in [2.24, 2.45) is 5.73 Å². The van der Waals surface area contributed by atoms with Crippen LogP contribution in [0.25, 0.3) is 0 Å². The van der Waals surface area contributed by atoms with Crippen molar-refractivity contribution in [3.63, 3.8) is 0 Å². The predicted octanol–water partition coefficient (Wildman–Crippen LogP) is -5.94. The number of carbonyl (C=O) groups is 3. The number of aliphatic hydroxyl groups excluding tert-OH is 6. The largest absolute Gasteiger partial charge is 0.480 e. The molecule has 0 bridgehead atoms. The molecule has 2 aliphatic rings. The predicted molar refractivity (Wildman–Crippen MR) is 111 cm³/mol. The highest BCUT2D eigenvalue weighted by atomic mass is 16.7. The molecule has 2 amide bonds. The maximum Gasteiger partial charge on any atom is 0.320 e. The Hall–Kier alpha value is -1.99. The number of carboxylic acid groups (broad SMARTS) is 1. The van der Waals surface area contributed by atoms with Gasteiger partial charge in [0.25, 0.3) is 0 Å². The van der Waals surface area contributed by atoms with Crippen LogP contribution in [0.4, 0.5) is 0 Å². The van der Waals surface area contributed by atoms with Gasteiger partial charge in [0.05, 0.1) is 19.8 Å². The van der Waals surface area contributed by atoms with Gasteiger partial charge in [0.15, 0.2) is 12.0 Å². The first-order valence-corrected chi connectivity index (χ1v) is 10.8. The summed E-state index contributed by atoms with van der Waals surface area (Å²) in [5.41, 5.74) is 3.33. The van der Waals surface area contributed by atoms with Crippen LogP contribution in [-0.4, -0.2) is 134 Å². The zero-order valence-electron chi connectivity index (χ0n) is 18.9. The molecule has 2 fully saturated rings. The Morgan fingerprint density at radius 2 is 1.80 bits per heavy atom. The first kappa shape index (κ1) is 29.2. The fourth-order valence-corrected chi connectivity index (χ4v) is 3.66. The Balaban J connectivity index is 2.22. The van der Waals surface area contributed by atoms with E-state index in [-0.39, 0.29) is 12.8 Å². The van der Waals surface area contributed by atoms with E-state index >= 15 is 0 Å². The van der Waals surface area contributed by atoms with E-state index in [1.807, 2.05) is 0 Å². The highest BCUT2D eigenvalue weighted by Gasteiger charge is 2.54. The molecule has 16 nitrogen and oxygen atoms in total. The summed E-state index contributed by atoms with van der Waals surface area (Å²) in [6, 6.07) is -1.33. The fourth-order valence-electron chi connectivity index (χ4n) is 3.66. The van der Waals surface area contributed by atoms with Crippen molar-refractivity contribution in [3.8, 4) is 0 Å². The topological polar surface area (TPSA) is 271 Å². The lowest BCUT2D eigenvalue weighted by Gasteiger charge is -2.49. The summed E-state index contributed by atoms with van der Waals surface area (Å²) in [5, 5.41) is 74.5. The van der Waals surface area contributed by atoms with E-state index in [0.29, 0.717) is 0 Å². The normalized spacial score (nSPS) is 38.4. The van der Waals surface area contributed by atoms with Crippen molar-refractivity contribution >= 4 is 17.8 Å². The Labute approximate surface area is 199 Å². The molecule has 0 aromatic heterocycles. The second-order valence-electron chi connectivity index (χ2n) is 8.45. The average molecular weight is 511 g/mol. The van der Waals surface area contributed by atoms with Gasteiger partial charge in [-0.2, -0.15) is 0 Å². The maximum atomic E-state index is 12.5. The molecule has 2 rings (SSSR count). The van der Waals surface area contributed by atoms with Gasteiger partial charge in [0, 0.05) is 13.3 Å². The zero-order chi connectivity index (χ0) is 26.5. The van der Waals surface area contributed by atoms with Gasteiger partial charge in [-0.1, -0.05) is 0 Å². The van der Waals surface area contributed by atoms with Gasteiger partial charge in [0.2, 0.25) is 11.8 Å². The third-order valence-electron chi connectivity index (χ3n) is 5.77. The Kier molecular flexibility index (Phi) is 10.3. The third kappa shape index (κ3) is 7.04. The standard InChI is InChI=1S/C19H33N3O13/c1-7(24)21-6-19(22-11(26)3-2-8(20)17(31)32)16(30)15(9(25)5-33-19)35-18-14(29)13(28)12(27)10(4-23)34-18/h8-10,12-16,18,23,25,27-30H,2-6,20H2,1H3,(H,21,24)(H,22,26)(H,31,32)/t8-,9+,10+,12-,13-,14+,15+,16-,18-,19+/m0/s1.